The molecule has 0 unspecified atom stereocenters. The molecule has 26 heavy (non-hydrogen) atoms. The van der Waals surface area contributed by atoms with Crippen molar-refractivity contribution in [2.24, 2.45) is 0 Å². The van der Waals surface area contributed by atoms with E-state index < -0.39 is 17.6 Å². The smallest absolute Gasteiger partial charge is 0.341 e. The highest BCUT2D eigenvalue weighted by Gasteiger charge is 2.16. The SMILES string of the molecule is CCN(CC)CCOC(=O)c1cc(-c2ccc(F)cc2F)ccc1O.Cl. The number of hydrogen-bond donors (Lipinski definition) is 1. The highest BCUT2D eigenvalue weighted by atomic mass is 35.5. The van der Waals surface area contributed by atoms with Crippen LogP contribution in [0.15, 0.2) is 36.4 Å². The molecule has 0 fully saturated rings. The van der Waals surface area contributed by atoms with Crippen molar-refractivity contribution >= 4 is 18.4 Å². The number of carbonyl (C=O) groups is 1. The number of phenolic OH excluding ortho intramolecular Hbond substituents is 1. The zero-order chi connectivity index (χ0) is 18.4. The van der Waals surface area contributed by atoms with Crippen LogP contribution in [-0.4, -0.2) is 42.2 Å². The predicted molar refractivity (Wildman–Crippen MR) is 98.8 cm³/mol. The maximum absolute atomic E-state index is 13.9. The fourth-order valence-electron chi connectivity index (χ4n) is 2.48. The van der Waals surface area contributed by atoms with Gasteiger partial charge in [0, 0.05) is 18.2 Å². The minimum absolute atomic E-state index is 0. The number of rotatable bonds is 7. The van der Waals surface area contributed by atoms with Crippen molar-refractivity contribution in [3.63, 3.8) is 0 Å². The predicted octanol–water partition coefficient (Wildman–Crippen LogP) is 4.26. The zero-order valence-electron chi connectivity index (χ0n) is 14.7. The Labute approximate surface area is 157 Å². The molecule has 0 radical (unpaired) electrons. The first-order valence-electron chi connectivity index (χ1n) is 8.14. The number of hydrogen-bond acceptors (Lipinski definition) is 4. The van der Waals surface area contributed by atoms with Gasteiger partial charge in [-0.3, -0.25) is 0 Å². The molecular formula is C19H22ClF2NO3. The molecule has 0 saturated heterocycles. The van der Waals surface area contributed by atoms with Crippen LogP contribution in [0.3, 0.4) is 0 Å². The number of ether oxygens (including phenoxy) is 1. The number of halogens is 3. The molecule has 0 heterocycles. The van der Waals surface area contributed by atoms with E-state index in [9.17, 15) is 18.7 Å². The van der Waals surface area contributed by atoms with Gasteiger partial charge in [-0.15, -0.1) is 12.4 Å². The molecule has 2 aromatic carbocycles. The molecule has 1 N–H and O–H groups in total. The summed E-state index contributed by atoms with van der Waals surface area (Å²) in [5, 5.41) is 9.90. The first-order valence-corrected chi connectivity index (χ1v) is 8.14. The van der Waals surface area contributed by atoms with Crippen molar-refractivity contribution in [2.45, 2.75) is 13.8 Å². The van der Waals surface area contributed by atoms with Gasteiger partial charge in [0.25, 0.3) is 0 Å². The van der Waals surface area contributed by atoms with Crippen LogP contribution in [0.1, 0.15) is 24.2 Å². The largest absolute Gasteiger partial charge is 0.507 e. The molecule has 0 bridgehead atoms. The number of aromatic hydroxyl groups is 1. The van der Waals surface area contributed by atoms with Gasteiger partial charge in [0.2, 0.25) is 0 Å². The lowest BCUT2D eigenvalue weighted by Crippen LogP contribution is -2.27. The van der Waals surface area contributed by atoms with Crippen LogP contribution in [-0.2, 0) is 4.74 Å². The van der Waals surface area contributed by atoms with Crippen LogP contribution < -0.4 is 0 Å². The fourth-order valence-corrected chi connectivity index (χ4v) is 2.48. The maximum Gasteiger partial charge on any atom is 0.341 e. The van der Waals surface area contributed by atoms with E-state index in [0.717, 1.165) is 25.2 Å². The molecule has 2 aromatic rings. The molecule has 0 spiro atoms. The first kappa shape index (κ1) is 21.9. The third-order valence-electron chi connectivity index (χ3n) is 3.99. The molecule has 0 amide bonds. The summed E-state index contributed by atoms with van der Waals surface area (Å²) in [4.78, 5) is 14.3. The molecule has 0 aliphatic heterocycles. The van der Waals surface area contributed by atoms with Crippen LogP contribution in [0, 0.1) is 11.6 Å². The highest BCUT2D eigenvalue weighted by Crippen LogP contribution is 2.28. The summed E-state index contributed by atoms with van der Waals surface area (Å²) in [7, 11) is 0. The molecular weight excluding hydrogens is 364 g/mol. The molecule has 0 aromatic heterocycles. The average molecular weight is 386 g/mol. The lowest BCUT2D eigenvalue weighted by molar-refractivity contribution is 0.0463. The Morgan fingerprint density at radius 3 is 2.42 bits per heavy atom. The third-order valence-corrected chi connectivity index (χ3v) is 3.99. The number of esters is 1. The second-order valence-electron chi connectivity index (χ2n) is 5.52. The molecule has 142 valence electrons. The van der Waals surface area contributed by atoms with Gasteiger partial charge in [-0.05, 0) is 42.9 Å². The number of benzene rings is 2. The Bertz CT molecular complexity index is 752. The summed E-state index contributed by atoms with van der Waals surface area (Å²) < 4.78 is 32.1. The second kappa shape index (κ2) is 10.1. The quantitative estimate of drug-likeness (QED) is 0.723. The van der Waals surface area contributed by atoms with E-state index in [2.05, 4.69) is 4.90 Å². The van der Waals surface area contributed by atoms with E-state index in [-0.39, 0.29) is 35.9 Å². The molecule has 0 saturated carbocycles. The summed E-state index contributed by atoms with van der Waals surface area (Å²) in [6.45, 7) is 6.49. The second-order valence-corrected chi connectivity index (χ2v) is 5.52. The van der Waals surface area contributed by atoms with Gasteiger partial charge in [-0.25, -0.2) is 13.6 Å². The number of phenols is 1. The van der Waals surface area contributed by atoms with Gasteiger partial charge in [-0.1, -0.05) is 19.9 Å². The van der Waals surface area contributed by atoms with Gasteiger partial charge in [0.1, 0.15) is 29.6 Å². The van der Waals surface area contributed by atoms with Gasteiger partial charge in [0.15, 0.2) is 0 Å². The summed E-state index contributed by atoms with van der Waals surface area (Å²) in [6, 6.07) is 7.27. The number of likely N-dealkylation sites (N-methyl/N-ethyl adjacent to an activating group) is 1. The van der Waals surface area contributed by atoms with Crippen molar-refractivity contribution in [3.05, 3.63) is 53.6 Å². The standard InChI is InChI=1S/C19H21F2NO3.ClH/c1-3-22(4-2)9-10-25-19(24)16-11-13(5-8-18(16)23)15-7-6-14(20)12-17(15)21;/h5-8,11-12,23H,3-4,9-10H2,1-2H3;1H. The summed E-state index contributed by atoms with van der Waals surface area (Å²) in [5.41, 5.74) is 0.436. The summed E-state index contributed by atoms with van der Waals surface area (Å²) in [6.07, 6.45) is 0. The first-order chi connectivity index (χ1) is 12.0. The minimum atomic E-state index is -0.744. The van der Waals surface area contributed by atoms with Gasteiger partial charge >= 0.3 is 5.97 Å². The van der Waals surface area contributed by atoms with Gasteiger partial charge in [0.05, 0.1) is 0 Å². The fraction of sp³-hybridized carbons (Fsp3) is 0.316. The molecule has 7 heteroatoms. The van der Waals surface area contributed by atoms with Crippen molar-refractivity contribution in [1.29, 1.82) is 0 Å². The van der Waals surface area contributed by atoms with Crippen molar-refractivity contribution in [1.82, 2.24) is 4.90 Å². The van der Waals surface area contributed by atoms with Crippen LogP contribution >= 0.6 is 12.4 Å². The van der Waals surface area contributed by atoms with E-state index in [1.807, 2.05) is 13.8 Å². The van der Waals surface area contributed by atoms with E-state index in [1.165, 1.54) is 24.3 Å². The van der Waals surface area contributed by atoms with Crippen LogP contribution in [0.2, 0.25) is 0 Å². The molecule has 2 rings (SSSR count). The topological polar surface area (TPSA) is 49.8 Å². The Balaban J connectivity index is 0.00000338. The van der Waals surface area contributed by atoms with Crippen molar-refractivity contribution < 1.29 is 23.4 Å². The van der Waals surface area contributed by atoms with Crippen LogP contribution in [0.5, 0.6) is 5.75 Å². The van der Waals surface area contributed by atoms with Gasteiger partial charge < -0.3 is 14.7 Å². The third kappa shape index (κ3) is 5.41. The van der Waals surface area contributed by atoms with Crippen molar-refractivity contribution in [3.8, 4) is 16.9 Å². The van der Waals surface area contributed by atoms with E-state index in [4.69, 9.17) is 4.74 Å². The molecule has 0 atom stereocenters. The Kier molecular flexibility index (Phi) is 8.48. The van der Waals surface area contributed by atoms with E-state index in [1.54, 1.807) is 0 Å². The Morgan fingerprint density at radius 2 is 1.81 bits per heavy atom. The van der Waals surface area contributed by atoms with Crippen molar-refractivity contribution in [2.75, 3.05) is 26.2 Å². The molecule has 0 aliphatic carbocycles. The summed E-state index contributed by atoms with van der Waals surface area (Å²) in [5.74, 6) is -2.37. The van der Waals surface area contributed by atoms with Crippen LogP contribution in [0.25, 0.3) is 11.1 Å². The highest BCUT2D eigenvalue weighted by molar-refractivity contribution is 5.94. The Hall–Kier alpha value is -2.18. The zero-order valence-corrected chi connectivity index (χ0v) is 15.5. The monoisotopic (exact) mass is 385 g/mol. The van der Waals surface area contributed by atoms with E-state index >= 15 is 0 Å². The lowest BCUT2D eigenvalue weighted by Gasteiger charge is -2.17. The normalized spacial score (nSPS) is 10.5. The number of carbonyl (C=O) groups excluding carboxylic acids is 1. The van der Waals surface area contributed by atoms with Gasteiger partial charge in [-0.2, -0.15) is 0 Å². The maximum atomic E-state index is 13.9. The summed E-state index contributed by atoms with van der Waals surface area (Å²) >= 11 is 0. The van der Waals surface area contributed by atoms with Crippen LogP contribution in [0.4, 0.5) is 8.78 Å². The van der Waals surface area contributed by atoms with E-state index in [0.29, 0.717) is 12.1 Å². The molecule has 4 nitrogen and oxygen atoms in total. The lowest BCUT2D eigenvalue weighted by atomic mass is 10.0. The average Bonchev–Trinajstić information content (AvgIpc) is 2.59. The minimum Gasteiger partial charge on any atom is -0.507 e. The Morgan fingerprint density at radius 1 is 1.12 bits per heavy atom. The number of nitrogens with zero attached hydrogens (tertiary/aromatic N) is 1. The molecule has 0 aliphatic rings.